The Labute approximate surface area is 135 Å². The Morgan fingerprint density at radius 2 is 1.83 bits per heavy atom. The molecule has 2 saturated heterocycles. The Morgan fingerprint density at radius 3 is 2.43 bits per heavy atom. The molecule has 2 bridgehead atoms. The third-order valence-electron chi connectivity index (χ3n) is 5.10. The molecule has 1 unspecified atom stereocenters. The Morgan fingerprint density at radius 1 is 1.13 bits per heavy atom. The molecule has 0 saturated carbocycles. The van der Waals surface area contributed by atoms with Crippen molar-refractivity contribution in [3.8, 4) is 5.69 Å². The minimum Gasteiger partial charge on any atom is -0.393 e. The fraction of sp³-hybridized carbons (Fsp3) is 0.444. The minimum absolute atomic E-state index is 0.101. The Kier molecular flexibility index (Phi) is 3.65. The standard InChI is InChI=1S/C18H21N3O2/c22-17-10-15-2-1-3-16(11-17)21(15)18(23)13-4-6-14(7-5-13)20-9-8-19-12-20/h4-9,12,15-17,22H,1-3,10-11H2/t15-,16+,17?. The second kappa shape index (κ2) is 5.81. The van der Waals surface area contributed by atoms with Gasteiger partial charge in [-0.3, -0.25) is 4.79 Å². The summed E-state index contributed by atoms with van der Waals surface area (Å²) in [6, 6.07) is 8.06. The molecule has 1 aromatic heterocycles. The van der Waals surface area contributed by atoms with Crippen molar-refractivity contribution in [2.45, 2.75) is 50.3 Å². The molecule has 120 valence electrons. The van der Waals surface area contributed by atoms with Crippen LogP contribution in [-0.2, 0) is 0 Å². The monoisotopic (exact) mass is 311 g/mol. The third kappa shape index (κ3) is 2.65. The number of carbonyl (C=O) groups excluding carboxylic acids is 1. The molecule has 3 heterocycles. The number of aliphatic hydroxyl groups is 1. The van der Waals surface area contributed by atoms with Crippen LogP contribution in [0, 0.1) is 0 Å². The quantitative estimate of drug-likeness (QED) is 0.926. The lowest BCUT2D eigenvalue weighted by Crippen LogP contribution is -2.55. The number of hydrogen-bond donors (Lipinski definition) is 1. The molecule has 0 spiro atoms. The Hall–Kier alpha value is -2.14. The summed E-state index contributed by atoms with van der Waals surface area (Å²) >= 11 is 0. The summed E-state index contributed by atoms with van der Waals surface area (Å²) in [7, 11) is 0. The number of fused-ring (bicyclic) bond motifs is 2. The van der Waals surface area contributed by atoms with E-state index in [9.17, 15) is 9.90 Å². The summed E-state index contributed by atoms with van der Waals surface area (Å²) in [6.07, 6.45) is 9.72. The van der Waals surface area contributed by atoms with Crippen LogP contribution in [-0.4, -0.2) is 43.7 Å². The number of hydrogen-bond acceptors (Lipinski definition) is 3. The van der Waals surface area contributed by atoms with Crippen molar-refractivity contribution in [2.24, 2.45) is 0 Å². The topological polar surface area (TPSA) is 58.4 Å². The molecule has 1 aromatic carbocycles. The van der Waals surface area contributed by atoms with E-state index in [0.29, 0.717) is 0 Å². The number of aliphatic hydroxyl groups excluding tert-OH is 1. The SMILES string of the molecule is O=C(c1ccc(-n2ccnc2)cc1)N1[C@@H]2CCC[C@H]1CC(O)C2. The number of aromatic nitrogens is 2. The average molecular weight is 311 g/mol. The van der Waals surface area contributed by atoms with Gasteiger partial charge in [-0.15, -0.1) is 0 Å². The van der Waals surface area contributed by atoms with Crippen molar-refractivity contribution in [2.75, 3.05) is 0 Å². The third-order valence-corrected chi connectivity index (χ3v) is 5.10. The second-order valence-corrected chi connectivity index (χ2v) is 6.59. The van der Waals surface area contributed by atoms with E-state index in [1.165, 1.54) is 0 Å². The van der Waals surface area contributed by atoms with Gasteiger partial charge in [0, 0.05) is 35.7 Å². The number of nitrogens with zero attached hydrogens (tertiary/aromatic N) is 3. The van der Waals surface area contributed by atoms with E-state index in [0.717, 1.165) is 43.4 Å². The van der Waals surface area contributed by atoms with Crippen molar-refractivity contribution in [3.05, 3.63) is 48.5 Å². The molecule has 1 N–H and O–H groups in total. The van der Waals surface area contributed by atoms with E-state index < -0.39 is 0 Å². The number of amides is 1. The molecule has 2 aliphatic rings. The highest BCUT2D eigenvalue weighted by atomic mass is 16.3. The largest absolute Gasteiger partial charge is 0.393 e. The van der Waals surface area contributed by atoms with Crippen LogP contribution in [0.3, 0.4) is 0 Å². The normalized spacial score (nSPS) is 27.0. The lowest BCUT2D eigenvalue weighted by atomic mass is 9.82. The van der Waals surface area contributed by atoms with Crippen LogP contribution in [0.15, 0.2) is 43.0 Å². The smallest absolute Gasteiger partial charge is 0.254 e. The van der Waals surface area contributed by atoms with Crippen LogP contribution < -0.4 is 0 Å². The fourth-order valence-corrected chi connectivity index (χ4v) is 4.02. The van der Waals surface area contributed by atoms with Crippen molar-refractivity contribution >= 4 is 5.91 Å². The van der Waals surface area contributed by atoms with Crippen LogP contribution in [0.25, 0.3) is 5.69 Å². The molecule has 3 atom stereocenters. The molecule has 23 heavy (non-hydrogen) atoms. The van der Waals surface area contributed by atoms with Crippen molar-refractivity contribution in [3.63, 3.8) is 0 Å². The second-order valence-electron chi connectivity index (χ2n) is 6.59. The lowest BCUT2D eigenvalue weighted by Gasteiger charge is -2.47. The summed E-state index contributed by atoms with van der Waals surface area (Å²) < 4.78 is 1.92. The van der Waals surface area contributed by atoms with Crippen molar-refractivity contribution < 1.29 is 9.90 Å². The molecule has 4 rings (SSSR count). The van der Waals surface area contributed by atoms with Gasteiger partial charge in [-0.25, -0.2) is 4.98 Å². The molecule has 1 amide bonds. The molecule has 5 heteroatoms. The highest BCUT2D eigenvalue weighted by Gasteiger charge is 2.40. The average Bonchev–Trinajstić information content (AvgIpc) is 3.08. The molecular formula is C18H21N3O2. The summed E-state index contributed by atoms with van der Waals surface area (Å²) in [6.45, 7) is 0. The van der Waals surface area contributed by atoms with Gasteiger partial charge in [0.05, 0.1) is 12.4 Å². The summed E-state index contributed by atoms with van der Waals surface area (Å²) in [5, 5.41) is 9.98. The van der Waals surface area contributed by atoms with E-state index in [2.05, 4.69) is 4.98 Å². The van der Waals surface area contributed by atoms with Gasteiger partial charge in [0.15, 0.2) is 0 Å². The molecule has 2 aliphatic heterocycles. The van der Waals surface area contributed by atoms with Crippen molar-refractivity contribution in [1.82, 2.24) is 14.5 Å². The summed E-state index contributed by atoms with van der Waals surface area (Å²) in [5.74, 6) is 0.101. The molecule has 5 nitrogen and oxygen atoms in total. The first-order valence-corrected chi connectivity index (χ1v) is 8.31. The maximum absolute atomic E-state index is 12.9. The molecule has 2 fully saturated rings. The molecular weight excluding hydrogens is 290 g/mol. The van der Waals surface area contributed by atoms with Crippen LogP contribution in [0.5, 0.6) is 0 Å². The van der Waals surface area contributed by atoms with E-state index >= 15 is 0 Å². The number of imidazole rings is 1. The molecule has 2 aromatic rings. The highest BCUT2D eigenvalue weighted by molar-refractivity contribution is 5.95. The number of piperidine rings is 2. The molecule has 0 radical (unpaired) electrons. The van der Waals surface area contributed by atoms with E-state index in [1.54, 1.807) is 12.5 Å². The zero-order valence-electron chi connectivity index (χ0n) is 13.0. The zero-order chi connectivity index (χ0) is 15.8. The fourth-order valence-electron chi connectivity index (χ4n) is 4.02. The summed E-state index contributed by atoms with van der Waals surface area (Å²) in [5.41, 5.74) is 1.72. The number of carbonyl (C=O) groups is 1. The Bertz CT molecular complexity index is 667. The first-order chi connectivity index (χ1) is 11.2. The summed E-state index contributed by atoms with van der Waals surface area (Å²) in [4.78, 5) is 19.0. The molecule has 0 aliphatic carbocycles. The zero-order valence-corrected chi connectivity index (χ0v) is 13.0. The first-order valence-electron chi connectivity index (χ1n) is 8.31. The van der Waals surface area contributed by atoms with E-state index in [-0.39, 0.29) is 24.1 Å². The van der Waals surface area contributed by atoms with Crippen LogP contribution in [0.1, 0.15) is 42.5 Å². The first kappa shape index (κ1) is 14.5. The minimum atomic E-state index is -0.252. The van der Waals surface area contributed by atoms with Gasteiger partial charge in [-0.1, -0.05) is 0 Å². The number of benzene rings is 1. The predicted molar refractivity (Wildman–Crippen MR) is 86.4 cm³/mol. The van der Waals surface area contributed by atoms with E-state index in [1.807, 2.05) is 39.9 Å². The van der Waals surface area contributed by atoms with Gasteiger partial charge < -0.3 is 14.6 Å². The maximum atomic E-state index is 12.9. The lowest BCUT2D eigenvalue weighted by molar-refractivity contribution is -0.0150. The van der Waals surface area contributed by atoms with Crippen molar-refractivity contribution in [1.29, 1.82) is 0 Å². The highest BCUT2D eigenvalue weighted by Crippen LogP contribution is 2.35. The van der Waals surface area contributed by atoms with Gasteiger partial charge in [-0.2, -0.15) is 0 Å². The maximum Gasteiger partial charge on any atom is 0.254 e. The number of rotatable bonds is 2. The van der Waals surface area contributed by atoms with Crippen LogP contribution in [0.2, 0.25) is 0 Å². The van der Waals surface area contributed by atoms with Gasteiger partial charge >= 0.3 is 0 Å². The van der Waals surface area contributed by atoms with Gasteiger partial charge in [0.2, 0.25) is 0 Å². The van der Waals surface area contributed by atoms with Gasteiger partial charge in [0.25, 0.3) is 5.91 Å². The van der Waals surface area contributed by atoms with Gasteiger partial charge in [-0.05, 0) is 56.4 Å². The van der Waals surface area contributed by atoms with E-state index in [4.69, 9.17) is 0 Å². The van der Waals surface area contributed by atoms with Crippen LogP contribution in [0.4, 0.5) is 0 Å². The Balaban J connectivity index is 1.57. The predicted octanol–water partition coefficient (Wildman–Crippen LogP) is 2.39. The van der Waals surface area contributed by atoms with Crippen LogP contribution >= 0.6 is 0 Å². The van der Waals surface area contributed by atoms with Gasteiger partial charge in [0.1, 0.15) is 0 Å².